The van der Waals surface area contributed by atoms with E-state index < -0.39 is 0 Å². The van der Waals surface area contributed by atoms with Gasteiger partial charge in [-0.05, 0) is 38.1 Å². The molecular weight excluding hydrogens is 306 g/mol. The topological polar surface area (TPSA) is 63.7 Å². The van der Waals surface area contributed by atoms with Crippen molar-refractivity contribution in [2.45, 2.75) is 13.8 Å². The Labute approximate surface area is 141 Å². The van der Waals surface area contributed by atoms with E-state index in [4.69, 9.17) is 9.47 Å². The van der Waals surface area contributed by atoms with Crippen LogP contribution in [0.5, 0.6) is 11.5 Å². The van der Waals surface area contributed by atoms with Crippen molar-refractivity contribution < 1.29 is 14.3 Å². The maximum atomic E-state index is 12.3. The molecule has 1 aliphatic rings. The number of hydrogen-bond acceptors (Lipinski definition) is 5. The van der Waals surface area contributed by atoms with Crippen LogP contribution in [0.4, 0.5) is 11.4 Å². The number of pyridine rings is 1. The molecule has 0 aliphatic carbocycles. The van der Waals surface area contributed by atoms with Crippen LogP contribution in [0.25, 0.3) is 0 Å². The van der Waals surface area contributed by atoms with Crippen molar-refractivity contribution in [2.75, 3.05) is 36.5 Å². The SMILES string of the molecule is CCN(CC)c1ccc(C(=O)Nc2ccc3c(c2)OCCO3)nc1. The summed E-state index contributed by atoms with van der Waals surface area (Å²) in [5, 5.41) is 2.83. The molecule has 0 radical (unpaired) electrons. The van der Waals surface area contributed by atoms with E-state index in [2.05, 4.69) is 29.0 Å². The third kappa shape index (κ3) is 3.42. The standard InChI is InChI=1S/C18H21N3O3/c1-3-21(4-2)14-6-7-15(19-12-14)18(22)20-13-5-8-16-17(11-13)24-10-9-23-16/h5-8,11-12H,3-4,9-10H2,1-2H3,(H,20,22). The van der Waals surface area contributed by atoms with Gasteiger partial charge in [-0.3, -0.25) is 4.79 Å². The van der Waals surface area contributed by atoms with E-state index in [9.17, 15) is 4.79 Å². The number of ether oxygens (including phenoxy) is 2. The van der Waals surface area contributed by atoms with E-state index in [1.165, 1.54) is 0 Å². The van der Waals surface area contributed by atoms with Gasteiger partial charge in [0.1, 0.15) is 18.9 Å². The lowest BCUT2D eigenvalue weighted by atomic mass is 10.2. The molecule has 24 heavy (non-hydrogen) atoms. The molecule has 6 nitrogen and oxygen atoms in total. The van der Waals surface area contributed by atoms with Gasteiger partial charge in [0.25, 0.3) is 5.91 Å². The van der Waals surface area contributed by atoms with E-state index >= 15 is 0 Å². The largest absolute Gasteiger partial charge is 0.486 e. The number of carbonyl (C=O) groups is 1. The van der Waals surface area contributed by atoms with Crippen LogP contribution in [-0.4, -0.2) is 37.2 Å². The fourth-order valence-corrected chi connectivity index (χ4v) is 2.61. The average Bonchev–Trinajstić information content (AvgIpc) is 2.63. The number of benzene rings is 1. The van der Waals surface area contributed by atoms with Crippen LogP contribution in [0.2, 0.25) is 0 Å². The number of anilines is 2. The van der Waals surface area contributed by atoms with Gasteiger partial charge in [-0.25, -0.2) is 4.98 Å². The number of fused-ring (bicyclic) bond motifs is 1. The lowest BCUT2D eigenvalue weighted by molar-refractivity contribution is 0.102. The maximum Gasteiger partial charge on any atom is 0.274 e. The first-order valence-electron chi connectivity index (χ1n) is 8.13. The van der Waals surface area contributed by atoms with Gasteiger partial charge in [0.15, 0.2) is 11.5 Å². The zero-order chi connectivity index (χ0) is 16.9. The van der Waals surface area contributed by atoms with Gasteiger partial charge in [0.05, 0.1) is 11.9 Å². The van der Waals surface area contributed by atoms with Crippen LogP contribution in [-0.2, 0) is 0 Å². The summed E-state index contributed by atoms with van der Waals surface area (Å²) >= 11 is 0. The van der Waals surface area contributed by atoms with Crippen molar-refractivity contribution in [2.24, 2.45) is 0 Å². The van der Waals surface area contributed by atoms with Crippen molar-refractivity contribution in [3.05, 3.63) is 42.2 Å². The third-order valence-electron chi connectivity index (χ3n) is 3.91. The highest BCUT2D eigenvalue weighted by atomic mass is 16.6. The normalized spacial score (nSPS) is 12.6. The lowest BCUT2D eigenvalue weighted by Gasteiger charge is -2.20. The van der Waals surface area contributed by atoms with E-state index in [0.717, 1.165) is 18.8 Å². The third-order valence-corrected chi connectivity index (χ3v) is 3.91. The second kappa shape index (κ2) is 7.21. The molecule has 126 valence electrons. The Hall–Kier alpha value is -2.76. The first-order chi connectivity index (χ1) is 11.7. The molecule has 3 rings (SSSR count). The fraction of sp³-hybridized carbons (Fsp3) is 0.333. The van der Waals surface area contributed by atoms with Crippen LogP contribution >= 0.6 is 0 Å². The molecular formula is C18H21N3O3. The van der Waals surface area contributed by atoms with Crippen LogP contribution in [0, 0.1) is 0 Å². The predicted molar refractivity (Wildman–Crippen MR) is 93.2 cm³/mol. The minimum atomic E-state index is -0.252. The van der Waals surface area contributed by atoms with E-state index in [1.807, 2.05) is 6.07 Å². The Kier molecular flexibility index (Phi) is 4.84. The zero-order valence-corrected chi connectivity index (χ0v) is 13.9. The quantitative estimate of drug-likeness (QED) is 0.915. The van der Waals surface area contributed by atoms with Gasteiger partial charge >= 0.3 is 0 Å². The fourth-order valence-electron chi connectivity index (χ4n) is 2.61. The van der Waals surface area contributed by atoms with Crippen LogP contribution in [0.3, 0.4) is 0 Å². The summed E-state index contributed by atoms with van der Waals surface area (Å²) in [5.74, 6) is 1.09. The Bertz CT molecular complexity index is 712. The van der Waals surface area contributed by atoms with Gasteiger partial charge in [0.2, 0.25) is 0 Å². The van der Waals surface area contributed by atoms with Crippen molar-refractivity contribution in [3.8, 4) is 11.5 Å². The molecule has 6 heteroatoms. The first-order valence-corrected chi connectivity index (χ1v) is 8.13. The predicted octanol–water partition coefficient (Wildman–Crippen LogP) is 2.95. The number of aromatic nitrogens is 1. The Morgan fingerprint density at radius 1 is 1.12 bits per heavy atom. The molecule has 2 aromatic rings. The highest BCUT2D eigenvalue weighted by Gasteiger charge is 2.14. The number of nitrogens with zero attached hydrogens (tertiary/aromatic N) is 2. The van der Waals surface area contributed by atoms with Crippen LogP contribution < -0.4 is 19.7 Å². The summed E-state index contributed by atoms with van der Waals surface area (Å²) in [6, 6.07) is 8.99. The monoisotopic (exact) mass is 327 g/mol. The maximum absolute atomic E-state index is 12.3. The molecule has 0 saturated carbocycles. The Balaban J connectivity index is 1.70. The number of rotatable bonds is 5. The highest BCUT2D eigenvalue weighted by Crippen LogP contribution is 2.32. The summed E-state index contributed by atoms with van der Waals surface area (Å²) in [4.78, 5) is 18.8. The summed E-state index contributed by atoms with van der Waals surface area (Å²) in [7, 11) is 0. The molecule has 0 unspecified atom stereocenters. The van der Waals surface area contributed by atoms with Crippen LogP contribution in [0.1, 0.15) is 24.3 Å². The van der Waals surface area contributed by atoms with Gasteiger partial charge in [-0.1, -0.05) is 0 Å². The summed E-state index contributed by atoms with van der Waals surface area (Å²) in [6.07, 6.45) is 1.73. The highest BCUT2D eigenvalue weighted by molar-refractivity contribution is 6.03. The van der Waals surface area contributed by atoms with Gasteiger partial charge in [-0.2, -0.15) is 0 Å². The number of amides is 1. The van der Waals surface area contributed by atoms with Crippen LogP contribution in [0.15, 0.2) is 36.5 Å². The molecule has 1 aliphatic heterocycles. The van der Waals surface area contributed by atoms with E-state index in [-0.39, 0.29) is 5.91 Å². The molecule has 1 aromatic carbocycles. The van der Waals surface area contributed by atoms with E-state index in [1.54, 1.807) is 30.5 Å². The minimum Gasteiger partial charge on any atom is -0.486 e. The lowest BCUT2D eigenvalue weighted by Crippen LogP contribution is -2.22. The summed E-state index contributed by atoms with van der Waals surface area (Å²) < 4.78 is 11.0. The van der Waals surface area contributed by atoms with E-state index in [0.29, 0.717) is 36.1 Å². The van der Waals surface area contributed by atoms with Gasteiger partial charge in [-0.15, -0.1) is 0 Å². The summed E-state index contributed by atoms with van der Waals surface area (Å²) in [6.45, 7) is 7.04. The molecule has 1 amide bonds. The van der Waals surface area contributed by atoms with Gasteiger partial charge < -0.3 is 19.7 Å². The second-order valence-electron chi connectivity index (χ2n) is 5.39. The Morgan fingerprint density at radius 3 is 2.54 bits per heavy atom. The van der Waals surface area contributed by atoms with Crippen molar-refractivity contribution >= 4 is 17.3 Å². The zero-order valence-electron chi connectivity index (χ0n) is 13.9. The number of nitrogens with one attached hydrogen (secondary N) is 1. The second-order valence-corrected chi connectivity index (χ2v) is 5.39. The molecule has 2 heterocycles. The molecule has 0 atom stereocenters. The van der Waals surface area contributed by atoms with Crippen molar-refractivity contribution in [1.82, 2.24) is 4.98 Å². The summed E-state index contributed by atoms with van der Waals surface area (Å²) in [5.41, 5.74) is 2.04. The Morgan fingerprint density at radius 2 is 1.88 bits per heavy atom. The minimum absolute atomic E-state index is 0.252. The molecule has 0 saturated heterocycles. The smallest absolute Gasteiger partial charge is 0.274 e. The number of carbonyl (C=O) groups excluding carboxylic acids is 1. The molecule has 1 aromatic heterocycles. The number of hydrogen-bond donors (Lipinski definition) is 1. The van der Waals surface area contributed by atoms with Crippen molar-refractivity contribution in [1.29, 1.82) is 0 Å². The molecule has 0 bridgehead atoms. The molecule has 0 spiro atoms. The first kappa shape index (κ1) is 16.1. The average molecular weight is 327 g/mol. The van der Waals surface area contributed by atoms with Gasteiger partial charge in [0, 0.05) is 24.8 Å². The molecule has 1 N–H and O–H groups in total. The molecule has 0 fully saturated rings. The van der Waals surface area contributed by atoms with Crippen molar-refractivity contribution in [3.63, 3.8) is 0 Å².